The first kappa shape index (κ1) is 27.1. The summed E-state index contributed by atoms with van der Waals surface area (Å²) >= 11 is 0. The number of carbonyl (C=O) groups excluding carboxylic acids is 4. The van der Waals surface area contributed by atoms with E-state index in [1.165, 1.54) is 23.1 Å². The van der Waals surface area contributed by atoms with E-state index in [0.29, 0.717) is 11.1 Å². The topological polar surface area (TPSA) is 133 Å². The van der Waals surface area contributed by atoms with Crippen LogP contribution in [0.3, 0.4) is 0 Å². The second-order valence-electron chi connectivity index (χ2n) is 8.85. The van der Waals surface area contributed by atoms with Crippen LogP contribution in [0.25, 0.3) is 5.70 Å². The van der Waals surface area contributed by atoms with Gasteiger partial charge in [0.15, 0.2) is 0 Å². The Morgan fingerprint density at radius 2 is 1.59 bits per heavy atom. The summed E-state index contributed by atoms with van der Waals surface area (Å²) in [6.07, 6.45) is 0.710. The fraction of sp³-hybridized carbons (Fsp3) is 0.296. The number of carboxylic acid groups (broad SMARTS) is 1. The third-order valence-corrected chi connectivity index (χ3v) is 5.90. The number of ether oxygens (including phenoxy) is 1. The van der Waals surface area contributed by atoms with Gasteiger partial charge in [0.25, 0.3) is 11.7 Å². The number of amides is 3. The van der Waals surface area contributed by atoms with Crippen LogP contribution in [-0.2, 0) is 30.3 Å². The summed E-state index contributed by atoms with van der Waals surface area (Å²) in [5, 5.41) is 11.8. The number of carbonyl (C=O) groups is 5. The summed E-state index contributed by atoms with van der Waals surface area (Å²) in [4.78, 5) is 65.5. The summed E-state index contributed by atoms with van der Waals surface area (Å²) < 4.78 is 4.88. The number of nitrogens with one attached hydrogen (secondary N) is 1. The molecule has 0 radical (unpaired) electrons. The fourth-order valence-corrected chi connectivity index (χ4v) is 4.15. The van der Waals surface area contributed by atoms with Crippen LogP contribution < -0.4 is 5.32 Å². The molecule has 0 bridgehead atoms. The zero-order valence-corrected chi connectivity index (χ0v) is 20.8. The molecule has 0 aromatic heterocycles. The van der Waals surface area contributed by atoms with E-state index >= 15 is 0 Å². The normalized spacial score (nSPS) is 16.2. The number of hydrogen-bond donors (Lipinski definition) is 2. The zero-order valence-electron chi connectivity index (χ0n) is 20.8. The van der Waals surface area contributed by atoms with Crippen LogP contribution in [0, 0.1) is 5.92 Å². The molecule has 37 heavy (non-hydrogen) atoms. The Balaban J connectivity index is 1.94. The maximum atomic E-state index is 13.6. The Bertz CT molecular complexity index is 1190. The summed E-state index contributed by atoms with van der Waals surface area (Å²) in [5.74, 6) is -4.39. The van der Waals surface area contributed by atoms with E-state index in [-0.39, 0.29) is 18.0 Å². The van der Waals surface area contributed by atoms with E-state index in [0.717, 1.165) is 0 Å². The Morgan fingerprint density at radius 3 is 2.14 bits per heavy atom. The molecule has 10 heteroatoms. The van der Waals surface area contributed by atoms with Crippen molar-refractivity contribution in [2.24, 2.45) is 5.92 Å². The average molecular weight is 508 g/mol. The molecule has 3 amide bonds. The summed E-state index contributed by atoms with van der Waals surface area (Å²) in [6, 6.07) is 15.1. The Morgan fingerprint density at radius 1 is 1.00 bits per heavy atom. The van der Waals surface area contributed by atoms with E-state index in [1.54, 1.807) is 74.5 Å². The highest BCUT2D eigenvalue weighted by atomic mass is 16.5. The van der Waals surface area contributed by atoms with Crippen LogP contribution in [0.1, 0.15) is 25.0 Å². The zero-order chi connectivity index (χ0) is 27.1. The minimum atomic E-state index is -1.67. The van der Waals surface area contributed by atoms with Gasteiger partial charge in [0, 0.05) is 12.6 Å². The molecule has 0 spiro atoms. The first-order chi connectivity index (χ1) is 17.6. The van der Waals surface area contributed by atoms with Crippen molar-refractivity contribution in [1.29, 1.82) is 0 Å². The highest BCUT2D eigenvalue weighted by molar-refractivity contribution is 6.35. The number of ketones is 1. The van der Waals surface area contributed by atoms with Crippen molar-refractivity contribution in [2.45, 2.75) is 32.4 Å². The molecule has 1 aliphatic heterocycles. The van der Waals surface area contributed by atoms with Gasteiger partial charge in [-0.1, -0.05) is 74.5 Å². The lowest BCUT2D eigenvalue weighted by Crippen LogP contribution is -2.57. The van der Waals surface area contributed by atoms with Crippen LogP contribution in [0.15, 0.2) is 66.9 Å². The predicted octanol–water partition coefficient (Wildman–Crippen LogP) is 2.30. The third-order valence-electron chi connectivity index (χ3n) is 5.90. The monoisotopic (exact) mass is 507 g/mol. The molecule has 194 valence electrons. The molecular formula is C27H29N3O7. The first-order valence-corrected chi connectivity index (χ1v) is 11.7. The van der Waals surface area contributed by atoms with Gasteiger partial charge in [-0.3, -0.25) is 24.2 Å². The molecule has 0 fully saturated rings. The number of methoxy groups -OCH3 is 1. The molecular weight excluding hydrogens is 478 g/mol. The van der Waals surface area contributed by atoms with Gasteiger partial charge in [0.05, 0.1) is 12.8 Å². The maximum absolute atomic E-state index is 13.6. The van der Waals surface area contributed by atoms with Crippen molar-refractivity contribution >= 4 is 35.4 Å². The second-order valence-corrected chi connectivity index (χ2v) is 8.85. The fourth-order valence-electron chi connectivity index (χ4n) is 4.15. The van der Waals surface area contributed by atoms with Gasteiger partial charge in [-0.05, 0) is 17.0 Å². The van der Waals surface area contributed by atoms with Crippen molar-refractivity contribution in [1.82, 2.24) is 15.1 Å². The van der Waals surface area contributed by atoms with Gasteiger partial charge < -0.3 is 15.2 Å². The SMILES string of the molecule is COC(=O)N1C=C(c2ccccc2)N(CC(=O)N[C@@H](Cc2ccccc2)C(=O)C(=O)O)C(=O)C1C(C)C. The Labute approximate surface area is 214 Å². The lowest BCUT2D eigenvalue weighted by atomic mass is 9.97. The molecule has 0 aliphatic carbocycles. The third kappa shape index (κ3) is 6.40. The standard InChI is InChI=1S/C27H29N3O7/c1-17(2)23-25(33)29(21(15-30(23)27(36)37-3)19-12-8-5-9-13-19)16-22(31)28-20(24(32)26(34)35)14-18-10-6-4-7-11-18/h4-13,15,17,20,23H,14,16H2,1-3H3,(H,28,31)(H,34,35)/t20-,23?/m0/s1. The lowest BCUT2D eigenvalue weighted by molar-refractivity contribution is -0.150. The lowest BCUT2D eigenvalue weighted by Gasteiger charge is -2.40. The van der Waals surface area contributed by atoms with Gasteiger partial charge in [0.2, 0.25) is 5.91 Å². The molecule has 0 saturated heterocycles. The van der Waals surface area contributed by atoms with E-state index in [2.05, 4.69) is 5.32 Å². The Hall–Kier alpha value is -4.47. The summed E-state index contributed by atoms with van der Waals surface area (Å²) in [7, 11) is 1.21. The number of carboxylic acids is 1. The van der Waals surface area contributed by atoms with Crippen molar-refractivity contribution in [3.8, 4) is 0 Å². The molecule has 1 heterocycles. The number of benzene rings is 2. The van der Waals surface area contributed by atoms with Crippen LogP contribution in [0.5, 0.6) is 0 Å². The maximum Gasteiger partial charge on any atom is 0.414 e. The number of hydrogen-bond acceptors (Lipinski definition) is 6. The number of Topliss-reactive ketones (excluding diaryl/α,β-unsaturated/α-hetero) is 1. The molecule has 1 aliphatic rings. The Kier molecular flexibility index (Phi) is 8.78. The first-order valence-electron chi connectivity index (χ1n) is 11.7. The van der Waals surface area contributed by atoms with Crippen LogP contribution in [0.4, 0.5) is 4.79 Å². The van der Waals surface area contributed by atoms with E-state index in [1.807, 2.05) is 0 Å². The number of rotatable bonds is 9. The molecule has 2 atom stereocenters. The molecule has 2 N–H and O–H groups in total. The number of aliphatic carboxylic acids is 1. The van der Waals surface area contributed by atoms with E-state index < -0.39 is 48.3 Å². The van der Waals surface area contributed by atoms with Gasteiger partial charge in [0.1, 0.15) is 18.6 Å². The number of nitrogens with zero attached hydrogens (tertiary/aromatic N) is 2. The van der Waals surface area contributed by atoms with E-state index in [4.69, 9.17) is 4.74 Å². The van der Waals surface area contributed by atoms with Crippen LogP contribution in [0.2, 0.25) is 0 Å². The van der Waals surface area contributed by atoms with Gasteiger partial charge >= 0.3 is 12.1 Å². The van der Waals surface area contributed by atoms with Crippen molar-refractivity contribution in [3.05, 3.63) is 78.0 Å². The van der Waals surface area contributed by atoms with Gasteiger partial charge in [-0.2, -0.15) is 0 Å². The highest BCUT2D eigenvalue weighted by Gasteiger charge is 2.42. The molecule has 2 aromatic rings. The molecule has 2 aromatic carbocycles. The predicted molar refractivity (Wildman–Crippen MR) is 134 cm³/mol. The second kappa shape index (κ2) is 12.0. The molecule has 3 rings (SSSR count). The van der Waals surface area contributed by atoms with Crippen LogP contribution in [-0.4, -0.2) is 70.3 Å². The molecule has 1 unspecified atom stereocenters. The molecule has 0 saturated carbocycles. The minimum Gasteiger partial charge on any atom is -0.475 e. The van der Waals surface area contributed by atoms with Gasteiger partial charge in [-0.15, -0.1) is 0 Å². The van der Waals surface area contributed by atoms with Gasteiger partial charge in [-0.25, -0.2) is 9.59 Å². The highest BCUT2D eigenvalue weighted by Crippen LogP contribution is 2.30. The largest absolute Gasteiger partial charge is 0.475 e. The van der Waals surface area contributed by atoms with Crippen molar-refractivity contribution in [2.75, 3.05) is 13.7 Å². The summed E-state index contributed by atoms with van der Waals surface area (Å²) in [5.41, 5.74) is 1.52. The smallest absolute Gasteiger partial charge is 0.414 e. The molecule has 10 nitrogen and oxygen atoms in total. The van der Waals surface area contributed by atoms with Crippen molar-refractivity contribution in [3.63, 3.8) is 0 Å². The average Bonchev–Trinajstić information content (AvgIpc) is 2.89. The van der Waals surface area contributed by atoms with Crippen LogP contribution >= 0.6 is 0 Å². The minimum absolute atomic E-state index is 0.0300. The summed E-state index contributed by atoms with van der Waals surface area (Å²) in [6.45, 7) is 3.04. The quantitative estimate of drug-likeness (QED) is 0.498. The van der Waals surface area contributed by atoms with Crippen molar-refractivity contribution < 1.29 is 33.8 Å². The van der Waals surface area contributed by atoms with E-state index in [9.17, 15) is 29.1 Å².